The van der Waals surface area contributed by atoms with E-state index in [9.17, 15) is 9.50 Å². The van der Waals surface area contributed by atoms with Crippen molar-refractivity contribution in [3.05, 3.63) is 65.0 Å². The van der Waals surface area contributed by atoms with Crippen molar-refractivity contribution in [3.63, 3.8) is 0 Å². The molecule has 3 rings (SSSR count). The molecule has 0 bridgehead atoms. The van der Waals surface area contributed by atoms with Crippen LogP contribution in [0.1, 0.15) is 48.5 Å². The highest BCUT2D eigenvalue weighted by atomic mass is 19.1. The number of nitrogens with one attached hydrogen (secondary N) is 1. The molecule has 1 aliphatic rings. The smallest absolute Gasteiger partial charge is 0.127 e. The van der Waals surface area contributed by atoms with Gasteiger partial charge in [0.25, 0.3) is 0 Å². The zero-order valence-corrected chi connectivity index (χ0v) is 12.1. The maximum absolute atomic E-state index is 13.9. The summed E-state index contributed by atoms with van der Waals surface area (Å²) in [6.07, 6.45) is 3.12. The van der Waals surface area contributed by atoms with E-state index in [-0.39, 0.29) is 17.9 Å². The van der Waals surface area contributed by atoms with E-state index in [1.807, 2.05) is 31.2 Å². The molecule has 0 amide bonds. The Bertz CT molecular complexity index is 641. The molecule has 0 aromatic heterocycles. The van der Waals surface area contributed by atoms with Gasteiger partial charge in [0.2, 0.25) is 0 Å². The number of phenolic OH excluding ortho intramolecular Hbond substituents is 1. The number of hydrogen-bond acceptors (Lipinski definition) is 2. The lowest BCUT2D eigenvalue weighted by Gasteiger charge is -2.29. The number of halogens is 1. The number of fused-ring (bicyclic) bond motifs is 1. The van der Waals surface area contributed by atoms with Gasteiger partial charge in [0.1, 0.15) is 11.6 Å². The predicted molar refractivity (Wildman–Crippen MR) is 81.7 cm³/mol. The highest BCUT2D eigenvalue weighted by Crippen LogP contribution is 2.33. The maximum atomic E-state index is 13.9. The minimum Gasteiger partial charge on any atom is -0.508 e. The van der Waals surface area contributed by atoms with Crippen LogP contribution in [-0.4, -0.2) is 5.11 Å². The van der Waals surface area contributed by atoms with E-state index in [2.05, 4.69) is 5.32 Å². The summed E-state index contributed by atoms with van der Waals surface area (Å²) in [4.78, 5) is 0. The average molecular weight is 285 g/mol. The van der Waals surface area contributed by atoms with E-state index >= 15 is 0 Å². The van der Waals surface area contributed by atoms with Crippen LogP contribution in [-0.2, 0) is 6.42 Å². The summed E-state index contributed by atoms with van der Waals surface area (Å²) in [5.74, 6) is 0.149. The van der Waals surface area contributed by atoms with Gasteiger partial charge in [-0.25, -0.2) is 4.39 Å². The Morgan fingerprint density at radius 3 is 2.86 bits per heavy atom. The summed E-state index contributed by atoms with van der Waals surface area (Å²) in [5, 5.41) is 13.1. The first kappa shape index (κ1) is 14.1. The van der Waals surface area contributed by atoms with Crippen molar-refractivity contribution in [1.82, 2.24) is 5.32 Å². The third kappa shape index (κ3) is 2.93. The van der Waals surface area contributed by atoms with E-state index in [1.165, 1.54) is 17.2 Å². The van der Waals surface area contributed by atoms with Crippen LogP contribution in [0.4, 0.5) is 4.39 Å². The highest BCUT2D eigenvalue weighted by Gasteiger charge is 2.23. The molecule has 1 unspecified atom stereocenters. The molecule has 110 valence electrons. The van der Waals surface area contributed by atoms with E-state index in [0.717, 1.165) is 19.3 Å². The van der Waals surface area contributed by atoms with Gasteiger partial charge in [-0.05, 0) is 55.5 Å². The van der Waals surface area contributed by atoms with E-state index < -0.39 is 0 Å². The summed E-state index contributed by atoms with van der Waals surface area (Å²) in [5.41, 5.74) is 3.12. The molecule has 0 saturated carbocycles. The number of aromatic hydroxyl groups is 1. The van der Waals surface area contributed by atoms with E-state index in [0.29, 0.717) is 11.3 Å². The third-order valence-electron chi connectivity index (χ3n) is 4.26. The van der Waals surface area contributed by atoms with E-state index in [4.69, 9.17) is 0 Å². The molecule has 0 aliphatic heterocycles. The number of rotatable bonds is 3. The molecule has 2 aromatic rings. The molecule has 0 spiro atoms. The Kier molecular flexibility index (Phi) is 3.93. The standard InChI is InChI=1S/C18H20FNO/c1-12(15-6-2-3-7-17(15)19)20-18-8-4-5-13-11-14(21)9-10-16(13)18/h2-3,6-7,9-12,18,20-21H,4-5,8H2,1H3/t12-,18?/m1/s1. The topological polar surface area (TPSA) is 32.3 Å². The predicted octanol–water partition coefficient (Wildman–Crippen LogP) is 4.26. The van der Waals surface area contributed by atoms with Crippen LogP contribution in [0.3, 0.4) is 0 Å². The van der Waals surface area contributed by atoms with Crippen LogP contribution < -0.4 is 5.32 Å². The fourth-order valence-corrected chi connectivity index (χ4v) is 3.19. The Morgan fingerprint density at radius 2 is 2.05 bits per heavy atom. The number of phenols is 1. The Labute approximate surface area is 124 Å². The molecule has 21 heavy (non-hydrogen) atoms. The van der Waals surface area contributed by atoms with Crippen molar-refractivity contribution >= 4 is 0 Å². The molecule has 1 aliphatic carbocycles. The van der Waals surface area contributed by atoms with Crippen molar-refractivity contribution in [2.24, 2.45) is 0 Å². The first-order valence-corrected chi connectivity index (χ1v) is 7.47. The molecule has 0 heterocycles. The van der Waals surface area contributed by atoms with Gasteiger partial charge in [-0.3, -0.25) is 0 Å². The first-order valence-electron chi connectivity index (χ1n) is 7.47. The summed E-state index contributed by atoms with van der Waals surface area (Å²) in [6, 6.07) is 12.6. The monoisotopic (exact) mass is 285 g/mol. The first-order chi connectivity index (χ1) is 10.1. The van der Waals surface area contributed by atoms with Gasteiger partial charge >= 0.3 is 0 Å². The number of aryl methyl sites for hydroxylation is 1. The molecular formula is C18H20FNO. The zero-order chi connectivity index (χ0) is 14.8. The summed E-state index contributed by atoms with van der Waals surface area (Å²) in [7, 11) is 0. The van der Waals surface area contributed by atoms with Gasteiger partial charge in [0.15, 0.2) is 0 Å². The van der Waals surface area contributed by atoms with Crippen molar-refractivity contribution in [2.75, 3.05) is 0 Å². The molecule has 2 atom stereocenters. The van der Waals surface area contributed by atoms with Gasteiger partial charge in [-0.1, -0.05) is 24.3 Å². The molecule has 2 aromatic carbocycles. The fraction of sp³-hybridized carbons (Fsp3) is 0.333. The van der Waals surface area contributed by atoms with Crippen LogP contribution in [0.15, 0.2) is 42.5 Å². The van der Waals surface area contributed by atoms with Gasteiger partial charge < -0.3 is 10.4 Å². The minimum absolute atomic E-state index is 0.0454. The summed E-state index contributed by atoms with van der Waals surface area (Å²) >= 11 is 0. The lowest BCUT2D eigenvalue weighted by Crippen LogP contribution is -2.28. The fourth-order valence-electron chi connectivity index (χ4n) is 3.19. The molecule has 0 fully saturated rings. The zero-order valence-electron chi connectivity index (χ0n) is 12.1. The lowest BCUT2D eigenvalue weighted by atomic mass is 9.87. The molecule has 0 radical (unpaired) electrons. The highest BCUT2D eigenvalue weighted by molar-refractivity contribution is 5.38. The summed E-state index contributed by atoms with van der Waals surface area (Å²) in [6.45, 7) is 1.99. The minimum atomic E-state index is -0.167. The van der Waals surface area contributed by atoms with Gasteiger partial charge in [0, 0.05) is 17.6 Å². The van der Waals surface area contributed by atoms with Crippen LogP contribution in [0.5, 0.6) is 5.75 Å². The van der Waals surface area contributed by atoms with Crippen LogP contribution in [0.25, 0.3) is 0 Å². The largest absolute Gasteiger partial charge is 0.508 e. The van der Waals surface area contributed by atoms with Gasteiger partial charge in [-0.2, -0.15) is 0 Å². The quantitative estimate of drug-likeness (QED) is 0.883. The van der Waals surface area contributed by atoms with Gasteiger partial charge in [-0.15, -0.1) is 0 Å². The van der Waals surface area contributed by atoms with Crippen molar-refractivity contribution in [2.45, 2.75) is 38.3 Å². The number of benzene rings is 2. The molecule has 0 saturated heterocycles. The molecule has 2 N–H and O–H groups in total. The lowest BCUT2D eigenvalue weighted by molar-refractivity contribution is 0.405. The van der Waals surface area contributed by atoms with E-state index in [1.54, 1.807) is 12.1 Å². The third-order valence-corrected chi connectivity index (χ3v) is 4.26. The number of hydrogen-bond donors (Lipinski definition) is 2. The van der Waals surface area contributed by atoms with Crippen molar-refractivity contribution in [3.8, 4) is 5.75 Å². The van der Waals surface area contributed by atoms with Crippen LogP contribution in [0, 0.1) is 5.82 Å². The molecule has 3 heteroatoms. The Balaban J connectivity index is 1.82. The second-order valence-corrected chi connectivity index (χ2v) is 5.74. The Morgan fingerprint density at radius 1 is 1.24 bits per heavy atom. The molecule has 2 nitrogen and oxygen atoms in total. The van der Waals surface area contributed by atoms with Crippen LogP contribution >= 0.6 is 0 Å². The second-order valence-electron chi connectivity index (χ2n) is 5.74. The average Bonchev–Trinajstić information content (AvgIpc) is 2.47. The van der Waals surface area contributed by atoms with Crippen molar-refractivity contribution < 1.29 is 9.50 Å². The van der Waals surface area contributed by atoms with Crippen molar-refractivity contribution in [1.29, 1.82) is 0 Å². The van der Waals surface area contributed by atoms with Crippen LogP contribution in [0.2, 0.25) is 0 Å². The SMILES string of the molecule is C[C@@H](NC1CCCc2cc(O)ccc21)c1ccccc1F. The second kappa shape index (κ2) is 5.86. The summed E-state index contributed by atoms with van der Waals surface area (Å²) < 4.78 is 13.9. The Hall–Kier alpha value is -1.87. The molecular weight excluding hydrogens is 265 g/mol. The maximum Gasteiger partial charge on any atom is 0.127 e. The normalized spacial score (nSPS) is 19.0. The van der Waals surface area contributed by atoms with Gasteiger partial charge in [0.05, 0.1) is 0 Å².